The maximum Gasteiger partial charge on any atom is 0.250 e. The minimum Gasteiger partial charge on any atom is -0.402 e. The van der Waals surface area contributed by atoms with Gasteiger partial charge in [-0.1, -0.05) is 36.5 Å². The van der Waals surface area contributed by atoms with Crippen LogP contribution >= 0.6 is 12.2 Å². The van der Waals surface area contributed by atoms with Crippen LogP contribution in [-0.2, 0) is 11.2 Å². The van der Waals surface area contributed by atoms with E-state index in [-0.39, 0.29) is 28.3 Å². The Balaban J connectivity index is 1.84. The molecular weight excluding hydrogens is 467 g/mol. The molecule has 8 nitrogen and oxygen atoms in total. The van der Waals surface area contributed by atoms with Gasteiger partial charge in [0.2, 0.25) is 5.91 Å². The number of halogens is 1. The minimum absolute atomic E-state index is 0.0500. The lowest BCUT2D eigenvalue weighted by Crippen LogP contribution is -2.37. The summed E-state index contributed by atoms with van der Waals surface area (Å²) >= 11 is 5.19. The molecular formula is C25H25FN6O2S. The smallest absolute Gasteiger partial charge is 0.250 e. The summed E-state index contributed by atoms with van der Waals surface area (Å²) in [5.41, 5.74) is 19.9. The number of primary amides is 2. The molecule has 3 rings (SSSR count). The van der Waals surface area contributed by atoms with Gasteiger partial charge >= 0.3 is 0 Å². The summed E-state index contributed by atoms with van der Waals surface area (Å²) < 4.78 is 14.8. The van der Waals surface area contributed by atoms with Crippen LogP contribution in [0.5, 0.6) is 0 Å². The second kappa shape index (κ2) is 11.2. The predicted octanol–water partition coefficient (Wildman–Crippen LogP) is 3.10. The average Bonchev–Trinajstić information content (AvgIpc) is 2.80. The number of carbonyl (C=O) groups is 2. The fourth-order valence-electron chi connectivity index (χ4n) is 3.39. The van der Waals surface area contributed by atoms with Crippen LogP contribution in [0, 0.1) is 5.82 Å². The Kier molecular flexibility index (Phi) is 8.11. The topological polar surface area (TPSA) is 149 Å². The van der Waals surface area contributed by atoms with Crippen molar-refractivity contribution in [1.29, 1.82) is 0 Å². The monoisotopic (exact) mass is 492 g/mol. The van der Waals surface area contributed by atoms with Gasteiger partial charge in [0, 0.05) is 24.5 Å². The van der Waals surface area contributed by atoms with Gasteiger partial charge in [0.05, 0.1) is 16.9 Å². The summed E-state index contributed by atoms with van der Waals surface area (Å²) in [7, 11) is 0. The van der Waals surface area contributed by atoms with Crippen LogP contribution in [0.1, 0.15) is 22.8 Å². The normalized spacial score (nSPS) is 12.0. The van der Waals surface area contributed by atoms with Gasteiger partial charge in [0.25, 0.3) is 5.91 Å². The molecule has 35 heavy (non-hydrogen) atoms. The number of benzene rings is 2. The highest BCUT2D eigenvalue weighted by molar-refractivity contribution is 7.81. The van der Waals surface area contributed by atoms with E-state index in [9.17, 15) is 14.0 Å². The second-order valence-corrected chi connectivity index (χ2v) is 8.30. The van der Waals surface area contributed by atoms with Crippen molar-refractivity contribution in [3.05, 3.63) is 89.6 Å². The standard InChI is InChI=1S/C25H25FN6O2S/c1-14(27)10-23(35)32-20-13-21(19(26)12-18(20)24(28)33)31-22(25(29)34)11-15-2-4-16(5-3-15)17-6-8-30-9-7-17/h2-10,12-13,22,31H,11,27H2,1H3,(H2,28,33)(H2,29,34)(H,32,35)/t22-/m1/s1. The molecule has 1 atom stereocenters. The molecule has 2 aromatic carbocycles. The van der Waals surface area contributed by atoms with Crippen molar-refractivity contribution < 1.29 is 14.0 Å². The van der Waals surface area contributed by atoms with E-state index in [1.54, 1.807) is 19.3 Å². The maximum absolute atomic E-state index is 14.8. The molecule has 180 valence electrons. The Labute approximate surface area is 207 Å². The van der Waals surface area contributed by atoms with Crippen LogP contribution in [0.2, 0.25) is 0 Å². The van der Waals surface area contributed by atoms with E-state index in [2.05, 4.69) is 15.6 Å². The van der Waals surface area contributed by atoms with Crippen molar-refractivity contribution in [3.8, 4) is 11.1 Å². The molecule has 10 heteroatoms. The number of hydrogen-bond donors (Lipinski definition) is 5. The first-order valence-electron chi connectivity index (χ1n) is 10.6. The van der Waals surface area contributed by atoms with Gasteiger partial charge in [-0.3, -0.25) is 14.6 Å². The van der Waals surface area contributed by atoms with Crippen LogP contribution in [0.25, 0.3) is 11.1 Å². The third-order valence-electron chi connectivity index (χ3n) is 5.07. The number of thiocarbonyl (C=S) groups is 1. The van der Waals surface area contributed by atoms with E-state index in [1.165, 1.54) is 12.1 Å². The fourth-order valence-corrected chi connectivity index (χ4v) is 3.69. The van der Waals surface area contributed by atoms with Crippen LogP contribution in [0.3, 0.4) is 0 Å². The number of rotatable bonds is 9. The first kappa shape index (κ1) is 25.3. The van der Waals surface area contributed by atoms with Gasteiger partial charge in [-0.05, 0) is 54.0 Å². The molecule has 1 heterocycles. The molecule has 0 saturated carbocycles. The van der Waals surface area contributed by atoms with Gasteiger partial charge in [-0.25, -0.2) is 4.39 Å². The van der Waals surface area contributed by atoms with Crippen LogP contribution < -0.4 is 27.8 Å². The van der Waals surface area contributed by atoms with E-state index in [0.29, 0.717) is 5.70 Å². The van der Waals surface area contributed by atoms with E-state index in [0.717, 1.165) is 22.8 Å². The van der Waals surface area contributed by atoms with Crippen LogP contribution in [0.4, 0.5) is 15.8 Å². The molecule has 0 bridgehead atoms. The number of nitrogens with two attached hydrogens (primary N) is 3. The van der Waals surface area contributed by atoms with Crippen LogP contribution in [-0.4, -0.2) is 27.8 Å². The third kappa shape index (κ3) is 6.84. The molecule has 0 radical (unpaired) electrons. The van der Waals surface area contributed by atoms with E-state index in [1.807, 2.05) is 36.4 Å². The summed E-state index contributed by atoms with van der Waals surface area (Å²) in [4.78, 5) is 28.2. The summed E-state index contributed by atoms with van der Waals surface area (Å²) in [5, 5.41) is 5.64. The lowest BCUT2D eigenvalue weighted by Gasteiger charge is -2.19. The van der Waals surface area contributed by atoms with Gasteiger partial charge < -0.3 is 27.8 Å². The Morgan fingerprint density at radius 3 is 2.23 bits per heavy atom. The number of allylic oxidation sites excluding steroid dienone is 1. The first-order valence-corrected chi connectivity index (χ1v) is 11.0. The zero-order chi connectivity index (χ0) is 25.5. The maximum atomic E-state index is 14.8. The van der Waals surface area contributed by atoms with E-state index < -0.39 is 23.7 Å². The van der Waals surface area contributed by atoms with Gasteiger partial charge in [0.1, 0.15) is 16.8 Å². The molecule has 3 aromatic rings. The van der Waals surface area contributed by atoms with Crippen molar-refractivity contribution >= 4 is 40.4 Å². The lowest BCUT2D eigenvalue weighted by atomic mass is 10.0. The number of pyridine rings is 1. The number of hydrogen-bond acceptors (Lipinski definition) is 6. The molecule has 8 N–H and O–H groups in total. The second-order valence-electron chi connectivity index (χ2n) is 7.86. The minimum atomic E-state index is -0.929. The number of amides is 2. The Bertz CT molecular complexity index is 1280. The average molecular weight is 493 g/mol. The van der Waals surface area contributed by atoms with Gasteiger partial charge in [-0.2, -0.15) is 0 Å². The summed E-state index contributed by atoms with van der Waals surface area (Å²) in [6, 6.07) is 12.7. The first-order chi connectivity index (χ1) is 16.6. The summed E-state index contributed by atoms with van der Waals surface area (Å²) in [6.45, 7) is 1.64. The fraction of sp³-hybridized carbons (Fsp3) is 0.120. The number of nitrogens with one attached hydrogen (secondary N) is 2. The summed E-state index contributed by atoms with van der Waals surface area (Å²) in [5.74, 6) is -2.30. The molecule has 0 unspecified atom stereocenters. The predicted molar refractivity (Wildman–Crippen MR) is 139 cm³/mol. The molecule has 0 aliphatic heterocycles. The van der Waals surface area contributed by atoms with Gasteiger partial charge in [0.15, 0.2) is 0 Å². The number of carbonyl (C=O) groups excluding carboxylic acids is 2. The molecule has 0 spiro atoms. The van der Waals surface area contributed by atoms with Crippen molar-refractivity contribution in [2.24, 2.45) is 17.2 Å². The van der Waals surface area contributed by atoms with Crippen LogP contribution in [0.15, 0.2) is 72.7 Å². The Morgan fingerprint density at radius 2 is 1.66 bits per heavy atom. The van der Waals surface area contributed by atoms with Crippen molar-refractivity contribution in [2.75, 3.05) is 10.6 Å². The Hall–Kier alpha value is -4.31. The Morgan fingerprint density at radius 1 is 1.03 bits per heavy atom. The zero-order valence-corrected chi connectivity index (χ0v) is 19.7. The largest absolute Gasteiger partial charge is 0.402 e. The quantitative estimate of drug-likeness (QED) is 0.228. The molecule has 0 fully saturated rings. The van der Waals surface area contributed by atoms with Gasteiger partial charge in [-0.15, -0.1) is 0 Å². The number of nitrogens with zero attached hydrogens (tertiary/aromatic N) is 1. The summed E-state index contributed by atoms with van der Waals surface area (Å²) in [6.07, 6.45) is 5.09. The lowest BCUT2D eigenvalue weighted by molar-refractivity contribution is -0.118. The SMILES string of the molecule is CC(N)=CC(=S)Nc1cc(N[C@H](Cc2ccc(-c3ccncc3)cc2)C(N)=O)c(F)cc1C(N)=O. The number of anilines is 2. The van der Waals surface area contributed by atoms with E-state index in [4.69, 9.17) is 29.4 Å². The zero-order valence-electron chi connectivity index (χ0n) is 18.9. The highest BCUT2D eigenvalue weighted by atomic mass is 32.1. The van der Waals surface area contributed by atoms with Crippen molar-refractivity contribution in [3.63, 3.8) is 0 Å². The van der Waals surface area contributed by atoms with Crippen molar-refractivity contribution in [2.45, 2.75) is 19.4 Å². The molecule has 0 saturated heterocycles. The molecule has 2 amide bonds. The van der Waals surface area contributed by atoms with Crippen molar-refractivity contribution in [1.82, 2.24) is 4.98 Å². The molecule has 1 aromatic heterocycles. The highest BCUT2D eigenvalue weighted by Gasteiger charge is 2.20. The highest BCUT2D eigenvalue weighted by Crippen LogP contribution is 2.26. The van der Waals surface area contributed by atoms with E-state index >= 15 is 0 Å². The third-order valence-corrected chi connectivity index (χ3v) is 5.29. The molecule has 0 aliphatic carbocycles. The number of aromatic nitrogens is 1. The molecule has 0 aliphatic rings.